The van der Waals surface area contributed by atoms with Gasteiger partial charge in [-0.25, -0.2) is 9.97 Å². The molecule has 2 aromatic heterocycles. The minimum Gasteiger partial charge on any atom is -0.369 e. The van der Waals surface area contributed by atoms with E-state index in [9.17, 15) is 0 Å². The van der Waals surface area contributed by atoms with Crippen LogP contribution in [0.5, 0.6) is 0 Å². The van der Waals surface area contributed by atoms with E-state index < -0.39 is 0 Å². The van der Waals surface area contributed by atoms with Crippen LogP contribution in [0.3, 0.4) is 0 Å². The number of anilines is 1. The lowest BCUT2D eigenvalue weighted by Gasteiger charge is -2.17. The molecule has 0 bridgehead atoms. The van der Waals surface area contributed by atoms with Gasteiger partial charge in [0.15, 0.2) is 0 Å². The van der Waals surface area contributed by atoms with Gasteiger partial charge in [-0.05, 0) is 13.0 Å². The first kappa shape index (κ1) is 9.96. The minimum atomic E-state index is 0.0488. The van der Waals surface area contributed by atoms with Crippen LogP contribution in [0.2, 0.25) is 0 Å². The molecule has 2 rings (SSSR count). The SMILES string of the molecule is Cc1nc(N)n2cnc(C(C)(C)C)cc12. The highest BCUT2D eigenvalue weighted by Gasteiger charge is 2.17. The molecule has 0 atom stereocenters. The molecule has 0 aliphatic carbocycles. The molecule has 0 saturated heterocycles. The molecule has 0 saturated carbocycles. The van der Waals surface area contributed by atoms with Crippen molar-refractivity contribution in [2.45, 2.75) is 33.1 Å². The summed E-state index contributed by atoms with van der Waals surface area (Å²) in [5.41, 5.74) is 8.83. The van der Waals surface area contributed by atoms with Crippen LogP contribution >= 0.6 is 0 Å². The summed E-state index contributed by atoms with van der Waals surface area (Å²) in [5, 5.41) is 0. The first-order valence-corrected chi connectivity index (χ1v) is 5.00. The molecule has 4 nitrogen and oxygen atoms in total. The number of aryl methyl sites for hydroxylation is 1. The fourth-order valence-corrected chi connectivity index (χ4v) is 1.57. The van der Waals surface area contributed by atoms with Gasteiger partial charge in [0, 0.05) is 11.1 Å². The Kier molecular flexibility index (Phi) is 1.96. The van der Waals surface area contributed by atoms with Gasteiger partial charge in [-0.2, -0.15) is 0 Å². The summed E-state index contributed by atoms with van der Waals surface area (Å²) < 4.78 is 1.81. The largest absolute Gasteiger partial charge is 0.369 e. The lowest BCUT2D eigenvalue weighted by Crippen LogP contribution is -2.14. The quantitative estimate of drug-likeness (QED) is 0.713. The molecule has 0 aliphatic rings. The van der Waals surface area contributed by atoms with E-state index in [0.29, 0.717) is 5.95 Å². The third kappa shape index (κ3) is 1.56. The molecule has 0 aliphatic heterocycles. The van der Waals surface area contributed by atoms with Crippen molar-refractivity contribution in [2.24, 2.45) is 0 Å². The lowest BCUT2D eigenvalue weighted by atomic mass is 9.92. The average molecular weight is 204 g/mol. The van der Waals surface area contributed by atoms with Crippen LogP contribution in [0, 0.1) is 6.92 Å². The van der Waals surface area contributed by atoms with E-state index in [4.69, 9.17) is 5.73 Å². The fourth-order valence-electron chi connectivity index (χ4n) is 1.57. The van der Waals surface area contributed by atoms with E-state index in [0.717, 1.165) is 16.9 Å². The van der Waals surface area contributed by atoms with Gasteiger partial charge in [0.25, 0.3) is 0 Å². The summed E-state index contributed by atoms with van der Waals surface area (Å²) in [6, 6.07) is 2.05. The van der Waals surface area contributed by atoms with Crippen LogP contribution in [0.15, 0.2) is 12.4 Å². The van der Waals surface area contributed by atoms with Gasteiger partial charge in [0.05, 0.1) is 11.2 Å². The van der Waals surface area contributed by atoms with E-state index >= 15 is 0 Å². The van der Waals surface area contributed by atoms with Gasteiger partial charge in [0.2, 0.25) is 5.95 Å². The summed E-state index contributed by atoms with van der Waals surface area (Å²) >= 11 is 0. The summed E-state index contributed by atoms with van der Waals surface area (Å²) in [7, 11) is 0. The molecule has 2 N–H and O–H groups in total. The van der Waals surface area contributed by atoms with Crippen molar-refractivity contribution in [3.8, 4) is 0 Å². The topological polar surface area (TPSA) is 56.2 Å². The number of nitrogen functional groups attached to an aromatic ring is 1. The molecule has 80 valence electrons. The van der Waals surface area contributed by atoms with E-state index in [1.807, 2.05) is 11.3 Å². The van der Waals surface area contributed by atoms with E-state index in [1.54, 1.807) is 6.33 Å². The predicted octanol–water partition coefficient (Wildman–Crippen LogP) is 1.92. The van der Waals surface area contributed by atoms with Crippen LogP contribution in [-0.4, -0.2) is 14.4 Å². The van der Waals surface area contributed by atoms with Crippen LogP contribution in [0.1, 0.15) is 32.2 Å². The normalized spacial score (nSPS) is 12.3. The molecule has 15 heavy (non-hydrogen) atoms. The third-order valence-corrected chi connectivity index (χ3v) is 2.51. The van der Waals surface area contributed by atoms with E-state index in [2.05, 4.69) is 36.8 Å². The molecule has 0 spiro atoms. The van der Waals surface area contributed by atoms with Gasteiger partial charge >= 0.3 is 0 Å². The highest BCUT2D eigenvalue weighted by molar-refractivity contribution is 5.57. The molecule has 0 aromatic carbocycles. The van der Waals surface area contributed by atoms with Crippen molar-refractivity contribution in [1.82, 2.24) is 14.4 Å². The Hall–Kier alpha value is -1.58. The van der Waals surface area contributed by atoms with Crippen molar-refractivity contribution in [1.29, 1.82) is 0 Å². The number of fused-ring (bicyclic) bond motifs is 1. The van der Waals surface area contributed by atoms with Crippen LogP contribution in [-0.2, 0) is 5.41 Å². The van der Waals surface area contributed by atoms with E-state index in [1.165, 1.54) is 0 Å². The second-order valence-electron chi connectivity index (χ2n) is 4.83. The molecule has 4 heteroatoms. The Morgan fingerprint density at radius 2 is 2.00 bits per heavy atom. The number of imidazole rings is 1. The van der Waals surface area contributed by atoms with Crippen molar-refractivity contribution in [3.63, 3.8) is 0 Å². The summed E-state index contributed by atoms with van der Waals surface area (Å²) in [6.45, 7) is 8.38. The Morgan fingerprint density at radius 3 is 2.60 bits per heavy atom. The van der Waals surface area contributed by atoms with Crippen LogP contribution < -0.4 is 5.73 Å². The first-order chi connectivity index (χ1) is 6.89. The maximum atomic E-state index is 5.75. The van der Waals surface area contributed by atoms with Crippen molar-refractivity contribution in [3.05, 3.63) is 23.8 Å². The molecular weight excluding hydrogens is 188 g/mol. The number of nitrogens with zero attached hydrogens (tertiary/aromatic N) is 3. The molecule has 0 unspecified atom stereocenters. The number of rotatable bonds is 0. The highest BCUT2D eigenvalue weighted by atomic mass is 15.1. The molecule has 0 radical (unpaired) electrons. The second-order valence-corrected chi connectivity index (χ2v) is 4.83. The smallest absolute Gasteiger partial charge is 0.206 e. The zero-order valence-corrected chi connectivity index (χ0v) is 9.57. The summed E-state index contributed by atoms with van der Waals surface area (Å²) in [5.74, 6) is 0.496. The lowest BCUT2D eigenvalue weighted by molar-refractivity contribution is 0.567. The Balaban J connectivity index is 2.71. The Morgan fingerprint density at radius 1 is 1.33 bits per heavy atom. The fraction of sp³-hybridized carbons (Fsp3) is 0.455. The number of aromatic nitrogens is 3. The van der Waals surface area contributed by atoms with Crippen molar-refractivity contribution < 1.29 is 0 Å². The number of hydrogen-bond acceptors (Lipinski definition) is 3. The van der Waals surface area contributed by atoms with Crippen molar-refractivity contribution >= 4 is 11.5 Å². The molecule has 2 aromatic rings. The van der Waals surface area contributed by atoms with Crippen LogP contribution in [0.4, 0.5) is 5.95 Å². The van der Waals surface area contributed by atoms with Crippen LogP contribution in [0.25, 0.3) is 5.52 Å². The third-order valence-electron chi connectivity index (χ3n) is 2.51. The number of hydrogen-bond donors (Lipinski definition) is 1. The maximum absolute atomic E-state index is 5.75. The van der Waals surface area contributed by atoms with Crippen molar-refractivity contribution in [2.75, 3.05) is 5.73 Å². The molecule has 0 amide bonds. The zero-order valence-electron chi connectivity index (χ0n) is 9.57. The minimum absolute atomic E-state index is 0.0488. The monoisotopic (exact) mass is 204 g/mol. The standard InChI is InChI=1S/C11H16N4/c1-7-8-5-9(11(2,3)4)13-6-15(8)10(12)14-7/h5-6H,1-4H3,(H2,12,14). The maximum Gasteiger partial charge on any atom is 0.206 e. The predicted molar refractivity (Wildman–Crippen MR) is 60.8 cm³/mol. The molecule has 0 fully saturated rings. The van der Waals surface area contributed by atoms with Gasteiger partial charge in [-0.3, -0.25) is 4.40 Å². The number of nitrogens with two attached hydrogens (primary N) is 1. The van der Waals surface area contributed by atoms with Gasteiger partial charge in [-0.15, -0.1) is 0 Å². The van der Waals surface area contributed by atoms with Gasteiger partial charge in [0.1, 0.15) is 6.33 Å². The van der Waals surface area contributed by atoms with E-state index in [-0.39, 0.29) is 5.41 Å². The first-order valence-electron chi connectivity index (χ1n) is 5.00. The second kappa shape index (κ2) is 2.95. The average Bonchev–Trinajstić information content (AvgIpc) is 2.41. The summed E-state index contributed by atoms with van der Waals surface area (Å²) in [4.78, 5) is 8.61. The van der Waals surface area contributed by atoms with Gasteiger partial charge in [-0.1, -0.05) is 20.8 Å². The highest BCUT2D eigenvalue weighted by Crippen LogP contribution is 2.23. The Labute approximate surface area is 89.2 Å². The van der Waals surface area contributed by atoms with Gasteiger partial charge < -0.3 is 5.73 Å². The molecule has 2 heterocycles. The zero-order chi connectivity index (χ0) is 11.2. The molecular formula is C11H16N4. The summed E-state index contributed by atoms with van der Waals surface area (Å²) in [6.07, 6.45) is 1.74. The Bertz CT molecular complexity index is 505.